The van der Waals surface area contributed by atoms with Crippen molar-refractivity contribution in [2.45, 2.75) is 39.2 Å². The molecule has 2 nitrogen and oxygen atoms in total. The summed E-state index contributed by atoms with van der Waals surface area (Å²) in [5.74, 6) is 2.52. The van der Waals surface area contributed by atoms with Crippen molar-refractivity contribution in [1.82, 2.24) is 5.32 Å². The second kappa shape index (κ2) is 7.16. The molecule has 0 aliphatic heterocycles. The van der Waals surface area contributed by atoms with Gasteiger partial charge in [0, 0.05) is 6.54 Å². The van der Waals surface area contributed by atoms with E-state index in [0.717, 1.165) is 30.7 Å². The summed E-state index contributed by atoms with van der Waals surface area (Å²) in [6, 6.07) is 5.98. The van der Waals surface area contributed by atoms with E-state index in [1.165, 1.54) is 31.2 Å². The van der Waals surface area contributed by atoms with Gasteiger partial charge in [0.15, 0.2) is 0 Å². The summed E-state index contributed by atoms with van der Waals surface area (Å²) in [6.45, 7) is 4.37. The molecule has 2 rings (SSSR count). The molecular weight excluding hydrogens is 258 g/mol. The van der Waals surface area contributed by atoms with Gasteiger partial charge in [-0.25, -0.2) is 0 Å². The van der Waals surface area contributed by atoms with Crippen LogP contribution in [0, 0.1) is 11.8 Å². The van der Waals surface area contributed by atoms with Gasteiger partial charge in [-0.1, -0.05) is 37.4 Å². The lowest BCUT2D eigenvalue weighted by Crippen LogP contribution is -2.25. The molecule has 1 fully saturated rings. The molecule has 0 aromatic heterocycles. The standard InChI is InChI=1S/C16H24ClNO/c1-12-3-5-13(6-4-12)10-18-11-14-7-8-16(19-2)15(17)9-14/h7-9,12-13,18H,3-6,10-11H2,1-2H3. The minimum absolute atomic E-state index is 0.688. The summed E-state index contributed by atoms with van der Waals surface area (Å²) in [5, 5.41) is 4.24. The van der Waals surface area contributed by atoms with Gasteiger partial charge in [0.05, 0.1) is 12.1 Å². The summed E-state index contributed by atoms with van der Waals surface area (Å²) in [5.41, 5.74) is 1.22. The summed E-state index contributed by atoms with van der Waals surface area (Å²) < 4.78 is 5.16. The average molecular weight is 282 g/mol. The van der Waals surface area contributed by atoms with Crippen LogP contribution in [0.3, 0.4) is 0 Å². The zero-order valence-corrected chi connectivity index (χ0v) is 12.7. The average Bonchev–Trinajstić information content (AvgIpc) is 2.41. The van der Waals surface area contributed by atoms with Gasteiger partial charge in [-0.05, 0) is 48.9 Å². The molecule has 0 bridgehead atoms. The van der Waals surface area contributed by atoms with E-state index < -0.39 is 0 Å². The molecule has 0 heterocycles. The van der Waals surface area contributed by atoms with Crippen LogP contribution in [0.15, 0.2) is 18.2 Å². The monoisotopic (exact) mass is 281 g/mol. The quantitative estimate of drug-likeness (QED) is 0.870. The first kappa shape index (κ1) is 14.7. The third-order valence-electron chi connectivity index (χ3n) is 4.11. The van der Waals surface area contributed by atoms with Gasteiger partial charge in [0.2, 0.25) is 0 Å². The van der Waals surface area contributed by atoms with Crippen LogP contribution in [0.5, 0.6) is 5.75 Å². The minimum Gasteiger partial charge on any atom is -0.495 e. The SMILES string of the molecule is COc1ccc(CNCC2CCC(C)CC2)cc1Cl. The van der Waals surface area contributed by atoms with Crippen LogP contribution < -0.4 is 10.1 Å². The van der Waals surface area contributed by atoms with Crippen LogP contribution in [0.25, 0.3) is 0 Å². The summed E-state index contributed by atoms with van der Waals surface area (Å²) in [7, 11) is 1.64. The van der Waals surface area contributed by atoms with Gasteiger partial charge in [-0.2, -0.15) is 0 Å². The number of benzene rings is 1. The molecule has 0 unspecified atom stereocenters. The molecule has 3 heteroatoms. The van der Waals surface area contributed by atoms with Crippen molar-refractivity contribution in [3.8, 4) is 5.75 Å². The smallest absolute Gasteiger partial charge is 0.137 e. The van der Waals surface area contributed by atoms with Crippen molar-refractivity contribution >= 4 is 11.6 Å². The van der Waals surface area contributed by atoms with Gasteiger partial charge in [0.25, 0.3) is 0 Å². The van der Waals surface area contributed by atoms with Crippen molar-refractivity contribution in [2.75, 3.05) is 13.7 Å². The highest BCUT2D eigenvalue weighted by atomic mass is 35.5. The first-order chi connectivity index (χ1) is 9.19. The molecule has 1 saturated carbocycles. The molecule has 19 heavy (non-hydrogen) atoms. The van der Waals surface area contributed by atoms with Gasteiger partial charge >= 0.3 is 0 Å². The molecular formula is C16H24ClNO. The molecule has 1 aliphatic carbocycles. The molecule has 1 aliphatic rings. The van der Waals surface area contributed by atoms with Crippen molar-refractivity contribution in [2.24, 2.45) is 11.8 Å². The molecule has 0 atom stereocenters. The van der Waals surface area contributed by atoms with Gasteiger partial charge in [-0.15, -0.1) is 0 Å². The van der Waals surface area contributed by atoms with E-state index in [1.807, 2.05) is 12.1 Å². The van der Waals surface area contributed by atoms with Crippen molar-refractivity contribution < 1.29 is 4.74 Å². The number of methoxy groups -OCH3 is 1. The molecule has 1 aromatic rings. The maximum absolute atomic E-state index is 6.12. The van der Waals surface area contributed by atoms with Crippen LogP contribution in [-0.4, -0.2) is 13.7 Å². The van der Waals surface area contributed by atoms with Gasteiger partial charge in [0.1, 0.15) is 5.75 Å². The zero-order chi connectivity index (χ0) is 13.7. The second-order valence-electron chi connectivity index (χ2n) is 5.73. The molecule has 0 radical (unpaired) electrons. The van der Waals surface area contributed by atoms with Crippen molar-refractivity contribution in [1.29, 1.82) is 0 Å². The fraction of sp³-hybridized carbons (Fsp3) is 0.625. The largest absolute Gasteiger partial charge is 0.495 e. The normalized spacial score (nSPS) is 23.3. The fourth-order valence-electron chi connectivity index (χ4n) is 2.77. The first-order valence-corrected chi connectivity index (χ1v) is 7.60. The van der Waals surface area contributed by atoms with Crippen molar-refractivity contribution in [3.05, 3.63) is 28.8 Å². The highest BCUT2D eigenvalue weighted by Gasteiger charge is 2.17. The fourth-order valence-corrected chi connectivity index (χ4v) is 3.05. The van der Waals surface area contributed by atoms with E-state index in [4.69, 9.17) is 16.3 Å². The summed E-state index contributed by atoms with van der Waals surface area (Å²) in [4.78, 5) is 0. The van der Waals surface area contributed by atoms with Gasteiger partial charge in [-0.3, -0.25) is 0 Å². The Kier molecular flexibility index (Phi) is 5.53. The number of nitrogens with one attached hydrogen (secondary N) is 1. The second-order valence-corrected chi connectivity index (χ2v) is 6.13. The number of hydrogen-bond acceptors (Lipinski definition) is 2. The maximum Gasteiger partial charge on any atom is 0.137 e. The molecule has 0 spiro atoms. The predicted molar refractivity (Wildman–Crippen MR) is 80.8 cm³/mol. The predicted octanol–water partition coefficient (Wildman–Crippen LogP) is 4.26. The minimum atomic E-state index is 0.688. The van der Waals surface area contributed by atoms with E-state index in [-0.39, 0.29) is 0 Å². The Hall–Kier alpha value is -0.730. The molecule has 0 amide bonds. The number of rotatable bonds is 5. The Morgan fingerprint density at radius 3 is 2.63 bits per heavy atom. The van der Waals surface area contributed by atoms with Crippen LogP contribution in [0.2, 0.25) is 5.02 Å². The summed E-state index contributed by atoms with van der Waals surface area (Å²) in [6.07, 6.45) is 5.52. The molecule has 0 saturated heterocycles. The Balaban J connectivity index is 1.75. The van der Waals surface area contributed by atoms with Crippen LogP contribution in [-0.2, 0) is 6.54 Å². The topological polar surface area (TPSA) is 21.3 Å². The lowest BCUT2D eigenvalue weighted by atomic mass is 9.83. The van der Waals surface area contributed by atoms with Crippen molar-refractivity contribution in [3.63, 3.8) is 0 Å². The first-order valence-electron chi connectivity index (χ1n) is 7.22. The Morgan fingerprint density at radius 1 is 1.26 bits per heavy atom. The van der Waals surface area contributed by atoms with Gasteiger partial charge < -0.3 is 10.1 Å². The maximum atomic E-state index is 6.12. The molecule has 1 aromatic carbocycles. The lowest BCUT2D eigenvalue weighted by molar-refractivity contribution is 0.281. The third-order valence-corrected chi connectivity index (χ3v) is 4.41. The summed E-state index contributed by atoms with van der Waals surface area (Å²) >= 11 is 6.12. The Labute approximate surface area is 121 Å². The lowest BCUT2D eigenvalue weighted by Gasteiger charge is -2.26. The Morgan fingerprint density at radius 2 is 2.00 bits per heavy atom. The zero-order valence-electron chi connectivity index (χ0n) is 11.9. The third kappa shape index (κ3) is 4.39. The van der Waals surface area contributed by atoms with Crippen LogP contribution in [0.4, 0.5) is 0 Å². The number of hydrogen-bond donors (Lipinski definition) is 1. The molecule has 106 valence electrons. The van der Waals surface area contributed by atoms with E-state index in [9.17, 15) is 0 Å². The van der Waals surface area contributed by atoms with Crippen LogP contribution in [0.1, 0.15) is 38.2 Å². The highest BCUT2D eigenvalue weighted by molar-refractivity contribution is 6.32. The van der Waals surface area contributed by atoms with E-state index in [2.05, 4.69) is 18.3 Å². The van der Waals surface area contributed by atoms with Crippen LogP contribution >= 0.6 is 11.6 Å². The van der Waals surface area contributed by atoms with E-state index >= 15 is 0 Å². The molecule has 1 N–H and O–H groups in total. The number of halogens is 1. The highest BCUT2D eigenvalue weighted by Crippen LogP contribution is 2.28. The number of ether oxygens (including phenoxy) is 1. The van der Waals surface area contributed by atoms with E-state index in [1.54, 1.807) is 7.11 Å². The van der Waals surface area contributed by atoms with E-state index in [0.29, 0.717) is 5.02 Å². The Bertz CT molecular complexity index is 400.